The van der Waals surface area contributed by atoms with Gasteiger partial charge in [-0.25, -0.2) is 0 Å². The summed E-state index contributed by atoms with van der Waals surface area (Å²) >= 11 is 7.66. The van der Waals surface area contributed by atoms with E-state index in [4.69, 9.17) is 30.5 Å². The predicted molar refractivity (Wildman–Crippen MR) is 162 cm³/mol. The fourth-order valence-electron chi connectivity index (χ4n) is 4.02. The largest absolute Gasteiger partial charge is 0.495 e. The molecule has 0 spiro atoms. The van der Waals surface area contributed by atoms with Crippen molar-refractivity contribution in [1.82, 2.24) is 0 Å². The zero-order valence-electron chi connectivity index (χ0n) is 22.9. The SMILES string of the molecule is COc1cc(OC)c(NC(=O)C(Sc2cccc(NC(=O)c3ccc(OC)c(OC)c3)c2)c2ccccc2)cc1Cl. The highest BCUT2D eigenvalue weighted by Crippen LogP contribution is 2.40. The van der Waals surface area contributed by atoms with Gasteiger partial charge in [-0.05, 0) is 48.0 Å². The molecule has 4 aromatic rings. The van der Waals surface area contributed by atoms with Gasteiger partial charge < -0.3 is 29.6 Å². The Balaban J connectivity index is 1.57. The summed E-state index contributed by atoms with van der Waals surface area (Å²) in [6, 6.07) is 24.9. The van der Waals surface area contributed by atoms with Crippen LogP contribution in [0.3, 0.4) is 0 Å². The average Bonchev–Trinajstić information content (AvgIpc) is 3.00. The normalized spacial score (nSPS) is 11.2. The van der Waals surface area contributed by atoms with Crippen molar-refractivity contribution >= 4 is 46.6 Å². The minimum Gasteiger partial charge on any atom is -0.495 e. The van der Waals surface area contributed by atoms with Crippen molar-refractivity contribution < 1.29 is 28.5 Å². The molecule has 0 bridgehead atoms. The van der Waals surface area contributed by atoms with Crippen LogP contribution in [0.1, 0.15) is 21.2 Å². The van der Waals surface area contributed by atoms with Crippen molar-refractivity contribution in [2.45, 2.75) is 10.1 Å². The smallest absolute Gasteiger partial charge is 0.255 e. The molecule has 0 fully saturated rings. The molecule has 0 aliphatic heterocycles. The summed E-state index contributed by atoms with van der Waals surface area (Å²) in [4.78, 5) is 27.4. The van der Waals surface area contributed by atoms with E-state index in [0.717, 1.165) is 10.5 Å². The lowest BCUT2D eigenvalue weighted by molar-refractivity contribution is -0.115. The number of amides is 2. The van der Waals surface area contributed by atoms with Gasteiger partial charge in [0.2, 0.25) is 5.91 Å². The Morgan fingerprint density at radius 3 is 2.10 bits per heavy atom. The number of ether oxygens (including phenoxy) is 4. The fourth-order valence-corrected chi connectivity index (χ4v) is 5.35. The lowest BCUT2D eigenvalue weighted by Gasteiger charge is -2.19. The molecule has 0 aliphatic rings. The van der Waals surface area contributed by atoms with Crippen molar-refractivity contribution in [2.75, 3.05) is 39.1 Å². The fraction of sp³-hybridized carbons (Fsp3) is 0.161. The van der Waals surface area contributed by atoms with Crippen molar-refractivity contribution in [2.24, 2.45) is 0 Å². The van der Waals surface area contributed by atoms with Crippen LogP contribution in [0.2, 0.25) is 5.02 Å². The number of hydrogen-bond donors (Lipinski definition) is 2. The monoisotopic (exact) mass is 592 g/mol. The van der Waals surface area contributed by atoms with E-state index in [-0.39, 0.29) is 11.8 Å². The maximum Gasteiger partial charge on any atom is 0.255 e. The van der Waals surface area contributed by atoms with Crippen LogP contribution < -0.4 is 29.6 Å². The molecule has 1 atom stereocenters. The molecule has 0 aliphatic carbocycles. The van der Waals surface area contributed by atoms with Gasteiger partial charge in [0, 0.05) is 22.2 Å². The van der Waals surface area contributed by atoms with Crippen molar-refractivity contribution in [1.29, 1.82) is 0 Å². The standard InChI is InChI=1S/C31H29ClN2O6S/c1-37-25-14-13-20(15-28(25)40-4)30(35)33-21-11-8-12-22(16-21)41-29(19-9-6-5-7-10-19)31(36)34-24-17-23(32)26(38-2)18-27(24)39-3/h5-18,29H,1-4H3,(H,33,35)(H,34,36). The molecule has 0 saturated carbocycles. The van der Waals surface area contributed by atoms with Crippen LogP contribution >= 0.6 is 23.4 Å². The number of nitrogens with one attached hydrogen (secondary N) is 2. The Morgan fingerprint density at radius 2 is 1.41 bits per heavy atom. The van der Waals surface area contributed by atoms with E-state index in [1.165, 1.54) is 40.2 Å². The van der Waals surface area contributed by atoms with Gasteiger partial charge in [0.05, 0.1) is 39.1 Å². The van der Waals surface area contributed by atoms with Crippen molar-refractivity contribution in [3.05, 3.63) is 101 Å². The molecule has 0 aromatic heterocycles. The van der Waals surface area contributed by atoms with Gasteiger partial charge in [-0.3, -0.25) is 9.59 Å². The number of halogens is 1. The molecule has 8 nitrogen and oxygen atoms in total. The molecule has 2 amide bonds. The molecule has 10 heteroatoms. The molecule has 4 aromatic carbocycles. The van der Waals surface area contributed by atoms with Crippen LogP contribution in [-0.4, -0.2) is 40.3 Å². The van der Waals surface area contributed by atoms with Gasteiger partial charge in [0.15, 0.2) is 11.5 Å². The molecule has 41 heavy (non-hydrogen) atoms. The van der Waals surface area contributed by atoms with E-state index in [1.54, 1.807) is 36.4 Å². The second-order valence-electron chi connectivity index (χ2n) is 8.64. The van der Waals surface area contributed by atoms with Gasteiger partial charge in [0.25, 0.3) is 5.91 Å². The van der Waals surface area contributed by atoms with Crippen LogP contribution in [0.15, 0.2) is 89.8 Å². The Labute approximate surface area is 247 Å². The minimum absolute atomic E-state index is 0.277. The molecule has 0 heterocycles. The van der Waals surface area contributed by atoms with Gasteiger partial charge >= 0.3 is 0 Å². The van der Waals surface area contributed by atoms with Crippen molar-refractivity contribution in [3.8, 4) is 23.0 Å². The third-order valence-electron chi connectivity index (χ3n) is 6.06. The number of benzene rings is 4. The number of rotatable bonds is 11. The Kier molecular flexibility index (Phi) is 10.00. The topological polar surface area (TPSA) is 95.1 Å². The molecule has 1 unspecified atom stereocenters. The summed E-state index contributed by atoms with van der Waals surface area (Å²) in [6.45, 7) is 0. The van der Waals surface area contributed by atoms with Crippen LogP contribution in [0.4, 0.5) is 11.4 Å². The van der Waals surface area contributed by atoms with Crippen LogP contribution in [0.25, 0.3) is 0 Å². The highest BCUT2D eigenvalue weighted by molar-refractivity contribution is 8.00. The highest BCUT2D eigenvalue weighted by Gasteiger charge is 2.24. The summed E-state index contributed by atoms with van der Waals surface area (Å²) in [5, 5.41) is 5.57. The van der Waals surface area contributed by atoms with Gasteiger partial charge in [-0.2, -0.15) is 0 Å². The number of methoxy groups -OCH3 is 4. The van der Waals surface area contributed by atoms with Gasteiger partial charge in [-0.1, -0.05) is 48.0 Å². The predicted octanol–water partition coefficient (Wildman–Crippen LogP) is 7.10. The first-order chi connectivity index (χ1) is 19.9. The van der Waals surface area contributed by atoms with Crippen LogP contribution in [0, 0.1) is 0 Å². The molecular formula is C31H29ClN2O6S. The molecule has 212 valence electrons. The summed E-state index contributed by atoms with van der Waals surface area (Å²) < 4.78 is 21.3. The maximum absolute atomic E-state index is 13.7. The molecule has 4 rings (SSSR count). The average molecular weight is 593 g/mol. The second-order valence-corrected chi connectivity index (χ2v) is 10.2. The number of hydrogen-bond acceptors (Lipinski definition) is 7. The number of carbonyl (C=O) groups excluding carboxylic acids is 2. The van der Waals surface area contributed by atoms with Crippen molar-refractivity contribution in [3.63, 3.8) is 0 Å². The van der Waals surface area contributed by atoms with Gasteiger partial charge in [-0.15, -0.1) is 11.8 Å². The molecule has 0 radical (unpaired) electrons. The summed E-state index contributed by atoms with van der Waals surface area (Å²) in [7, 11) is 6.06. The van der Waals surface area contributed by atoms with E-state index in [1.807, 2.05) is 48.5 Å². The first-order valence-electron chi connectivity index (χ1n) is 12.4. The quantitative estimate of drug-likeness (QED) is 0.179. The van der Waals surface area contributed by atoms with E-state index in [2.05, 4.69) is 10.6 Å². The lowest BCUT2D eigenvalue weighted by atomic mass is 10.1. The van der Waals surface area contributed by atoms with E-state index >= 15 is 0 Å². The Bertz CT molecular complexity index is 1530. The van der Waals surface area contributed by atoms with Crippen LogP contribution in [-0.2, 0) is 4.79 Å². The first kappa shape index (κ1) is 29.6. The zero-order chi connectivity index (χ0) is 29.4. The highest BCUT2D eigenvalue weighted by atomic mass is 35.5. The number of carbonyl (C=O) groups is 2. The first-order valence-corrected chi connectivity index (χ1v) is 13.7. The number of anilines is 2. The Hall–Kier alpha value is -4.34. The van der Waals surface area contributed by atoms with E-state index < -0.39 is 5.25 Å². The lowest BCUT2D eigenvalue weighted by Crippen LogP contribution is -2.19. The summed E-state index contributed by atoms with van der Waals surface area (Å²) in [6.07, 6.45) is 0. The van der Waals surface area contributed by atoms with E-state index in [0.29, 0.717) is 45.0 Å². The maximum atomic E-state index is 13.7. The van der Waals surface area contributed by atoms with Gasteiger partial charge in [0.1, 0.15) is 16.7 Å². The number of thioether (sulfide) groups is 1. The Morgan fingerprint density at radius 1 is 0.707 bits per heavy atom. The molecule has 0 saturated heterocycles. The second kappa shape index (κ2) is 13.8. The zero-order valence-corrected chi connectivity index (χ0v) is 24.5. The van der Waals surface area contributed by atoms with Crippen LogP contribution in [0.5, 0.6) is 23.0 Å². The minimum atomic E-state index is -0.626. The molecule has 2 N–H and O–H groups in total. The van der Waals surface area contributed by atoms with E-state index in [9.17, 15) is 9.59 Å². The third kappa shape index (κ3) is 7.25. The summed E-state index contributed by atoms with van der Waals surface area (Å²) in [5.41, 5.74) is 2.20. The molecular weight excluding hydrogens is 564 g/mol. The third-order valence-corrected chi connectivity index (χ3v) is 7.61. The summed E-state index contributed by atoms with van der Waals surface area (Å²) in [5.74, 6) is 1.24.